The molecule has 5 heteroatoms. The molecule has 2 heterocycles. The molecule has 5 nitrogen and oxygen atoms in total. The molecule has 0 spiro atoms. The number of hydrogen-bond acceptors (Lipinski definition) is 5. The molecule has 0 aliphatic carbocycles. The first kappa shape index (κ1) is 11.3. The third-order valence-corrected chi connectivity index (χ3v) is 2.66. The first-order valence-corrected chi connectivity index (χ1v) is 5.65. The van der Waals surface area contributed by atoms with Crippen molar-refractivity contribution in [1.82, 2.24) is 15.3 Å². The lowest BCUT2D eigenvalue weighted by Crippen LogP contribution is -2.38. The van der Waals surface area contributed by atoms with Gasteiger partial charge < -0.3 is 15.4 Å². The van der Waals surface area contributed by atoms with Gasteiger partial charge in [-0.15, -0.1) is 0 Å². The molecule has 88 valence electrons. The zero-order chi connectivity index (χ0) is 11.2. The number of nitrogens with zero attached hydrogens (tertiary/aromatic N) is 2. The zero-order valence-corrected chi connectivity index (χ0v) is 9.57. The molecule has 1 unspecified atom stereocenters. The molecule has 1 saturated heterocycles. The van der Waals surface area contributed by atoms with Gasteiger partial charge in [0.1, 0.15) is 12.1 Å². The van der Waals surface area contributed by atoms with E-state index in [1.54, 1.807) is 13.4 Å². The highest BCUT2D eigenvalue weighted by Gasteiger charge is 2.12. The van der Waals surface area contributed by atoms with Crippen molar-refractivity contribution in [2.45, 2.75) is 25.5 Å². The van der Waals surface area contributed by atoms with Gasteiger partial charge in [0.05, 0.1) is 12.3 Å². The molecule has 16 heavy (non-hydrogen) atoms. The molecule has 1 aliphatic rings. The van der Waals surface area contributed by atoms with E-state index in [9.17, 15) is 0 Å². The first-order chi connectivity index (χ1) is 7.88. The predicted octanol–water partition coefficient (Wildman–Crippen LogP) is 0.787. The molecule has 0 amide bonds. The number of hydrogen-bond donors (Lipinski definition) is 2. The van der Waals surface area contributed by atoms with Gasteiger partial charge in [-0.05, 0) is 19.4 Å². The number of aromatic nitrogens is 2. The summed E-state index contributed by atoms with van der Waals surface area (Å²) in [4.78, 5) is 8.34. The quantitative estimate of drug-likeness (QED) is 0.788. The lowest BCUT2D eigenvalue weighted by Gasteiger charge is -2.24. The van der Waals surface area contributed by atoms with Crippen LogP contribution in [0, 0.1) is 0 Å². The highest BCUT2D eigenvalue weighted by Crippen LogP contribution is 2.10. The van der Waals surface area contributed by atoms with Crippen LogP contribution in [-0.4, -0.2) is 36.2 Å². The fourth-order valence-corrected chi connectivity index (χ4v) is 1.89. The van der Waals surface area contributed by atoms with E-state index in [1.165, 1.54) is 12.8 Å². The van der Waals surface area contributed by atoms with Crippen LogP contribution in [-0.2, 0) is 11.3 Å². The van der Waals surface area contributed by atoms with Crippen molar-refractivity contribution in [1.29, 1.82) is 0 Å². The van der Waals surface area contributed by atoms with E-state index in [4.69, 9.17) is 4.74 Å². The molecule has 0 bridgehead atoms. The van der Waals surface area contributed by atoms with Crippen LogP contribution in [0.4, 0.5) is 5.82 Å². The van der Waals surface area contributed by atoms with Crippen LogP contribution in [0.5, 0.6) is 0 Å². The maximum absolute atomic E-state index is 5.04. The van der Waals surface area contributed by atoms with Gasteiger partial charge >= 0.3 is 0 Å². The van der Waals surface area contributed by atoms with Gasteiger partial charge in [0.2, 0.25) is 0 Å². The highest BCUT2D eigenvalue weighted by atomic mass is 16.5. The summed E-state index contributed by atoms with van der Waals surface area (Å²) in [6.07, 6.45) is 3.98. The Labute approximate surface area is 95.6 Å². The monoisotopic (exact) mass is 222 g/mol. The average molecular weight is 222 g/mol. The summed E-state index contributed by atoms with van der Waals surface area (Å²) in [6.45, 7) is 2.65. The maximum atomic E-state index is 5.04. The molecule has 2 N–H and O–H groups in total. The van der Waals surface area contributed by atoms with E-state index in [-0.39, 0.29) is 0 Å². The van der Waals surface area contributed by atoms with Gasteiger partial charge in [0.25, 0.3) is 0 Å². The van der Waals surface area contributed by atoms with Crippen LogP contribution >= 0.6 is 0 Å². The summed E-state index contributed by atoms with van der Waals surface area (Å²) in [5.41, 5.74) is 0.906. The summed E-state index contributed by atoms with van der Waals surface area (Å²) in [6, 6.07) is 2.41. The maximum Gasteiger partial charge on any atom is 0.129 e. The van der Waals surface area contributed by atoms with Crippen molar-refractivity contribution in [3.63, 3.8) is 0 Å². The second-order valence-corrected chi connectivity index (χ2v) is 4.02. The van der Waals surface area contributed by atoms with Crippen molar-refractivity contribution in [2.75, 3.05) is 25.5 Å². The van der Waals surface area contributed by atoms with Gasteiger partial charge in [-0.1, -0.05) is 0 Å². The van der Waals surface area contributed by atoms with Gasteiger partial charge in [-0.3, -0.25) is 0 Å². The van der Waals surface area contributed by atoms with Gasteiger partial charge in [-0.2, -0.15) is 0 Å². The SMILES string of the molecule is COCc1cc(NC2CCCNC2)ncn1. The van der Waals surface area contributed by atoms with Crippen molar-refractivity contribution in [3.8, 4) is 0 Å². The second-order valence-electron chi connectivity index (χ2n) is 4.02. The minimum absolute atomic E-state index is 0.471. The molecule has 0 radical (unpaired) electrons. The Hall–Kier alpha value is -1.20. The Morgan fingerprint density at radius 3 is 3.25 bits per heavy atom. The molecule has 2 rings (SSSR count). The molecule has 1 atom stereocenters. The number of piperidine rings is 1. The molecule has 0 saturated carbocycles. The number of anilines is 1. The lowest BCUT2D eigenvalue weighted by atomic mass is 10.1. The minimum atomic E-state index is 0.471. The standard InChI is InChI=1S/C11H18N4O/c1-16-7-10-5-11(14-8-13-10)15-9-3-2-4-12-6-9/h5,8-9,12H,2-4,6-7H2,1H3,(H,13,14,15). The van der Waals surface area contributed by atoms with E-state index in [1.807, 2.05) is 6.07 Å². The van der Waals surface area contributed by atoms with E-state index < -0.39 is 0 Å². The summed E-state index contributed by atoms with van der Waals surface area (Å²) < 4.78 is 5.04. The van der Waals surface area contributed by atoms with Gasteiger partial charge in [0, 0.05) is 25.8 Å². The van der Waals surface area contributed by atoms with E-state index in [0.29, 0.717) is 12.6 Å². The second kappa shape index (κ2) is 5.77. The zero-order valence-electron chi connectivity index (χ0n) is 9.57. The molecule has 1 aromatic rings. The van der Waals surface area contributed by atoms with Crippen molar-refractivity contribution in [2.24, 2.45) is 0 Å². The normalized spacial score (nSPS) is 20.7. The Balaban J connectivity index is 1.94. The number of ether oxygens (including phenoxy) is 1. The van der Waals surface area contributed by atoms with Crippen LogP contribution in [0.15, 0.2) is 12.4 Å². The first-order valence-electron chi connectivity index (χ1n) is 5.65. The summed E-state index contributed by atoms with van der Waals surface area (Å²) in [5, 5.41) is 6.77. The van der Waals surface area contributed by atoms with Crippen molar-refractivity contribution >= 4 is 5.82 Å². The minimum Gasteiger partial charge on any atom is -0.378 e. The van der Waals surface area contributed by atoms with E-state index >= 15 is 0 Å². The van der Waals surface area contributed by atoms with Crippen molar-refractivity contribution < 1.29 is 4.74 Å². The molecule has 0 aromatic carbocycles. The highest BCUT2D eigenvalue weighted by molar-refractivity contribution is 5.36. The van der Waals surface area contributed by atoms with Crippen LogP contribution in [0.1, 0.15) is 18.5 Å². The van der Waals surface area contributed by atoms with E-state index in [0.717, 1.165) is 24.6 Å². The van der Waals surface area contributed by atoms with Crippen LogP contribution in [0.3, 0.4) is 0 Å². The topological polar surface area (TPSA) is 59.1 Å². The number of nitrogens with one attached hydrogen (secondary N) is 2. The summed E-state index contributed by atoms with van der Waals surface area (Å²) >= 11 is 0. The molecular weight excluding hydrogens is 204 g/mol. The third kappa shape index (κ3) is 3.15. The fraction of sp³-hybridized carbons (Fsp3) is 0.636. The Morgan fingerprint density at radius 1 is 1.56 bits per heavy atom. The lowest BCUT2D eigenvalue weighted by molar-refractivity contribution is 0.181. The summed E-state index contributed by atoms with van der Waals surface area (Å²) in [7, 11) is 1.67. The Bertz CT molecular complexity index is 326. The number of methoxy groups -OCH3 is 1. The molecule has 1 fully saturated rings. The average Bonchev–Trinajstić information content (AvgIpc) is 2.31. The molecule has 1 aromatic heterocycles. The number of rotatable bonds is 4. The fourth-order valence-electron chi connectivity index (χ4n) is 1.89. The molecular formula is C11H18N4O. The Kier molecular flexibility index (Phi) is 4.07. The van der Waals surface area contributed by atoms with Crippen LogP contribution in [0.25, 0.3) is 0 Å². The van der Waals surface area contributed by atoms with Gasteiger partial charge in [-0.25, -0.2) is 9.97 Å². The smallest absolute Gasteiger partial charge is 0.129 e. The van der Waals surface area contributed by atoms with Crippen LogP contribution < -0.4 is 10.6 Å². The van der Waals surface area contributed by atoms with Gasteiger partial charge in [0.15, 0.2) is 0 Å². The van der Waals surface area contributed by atoms with Crippen molar-refractivity contribution in [3.05, 3.63) is 18.1 Å². The van der Waals surface area contributed by atoms with E-state index in [2.05, 4.69) is 20.6 Å². The molecule has 1 aliphatic heterocycles. The third-order valence-electron chi connectivity index (χ3n) is 2.66. The summed E-state index contributed by atoms with van der Waals surface area (Å²) in [5.74, 6) is 0.885. The Morgan fingerprint density at radius 2 is 2.50 bits per heavy atom. The van der Waals surface area contributed by atoms with Crippen LogP contribution in [0.2, 0.25) is 0 Å². The predicted molar refractivity (Wildman–Crippen MR) is 62.3 cm³/mol. The largest absolute Gasteiger partial charge is 0.378 e.